The van der Waals surface area contributed by atoms with Gasteiger partial charge in [-0.25, -0.2) is 8.42 Å². The average Bonchev–Trinajstić information content (AvgIpc) is 3.44. The molecule has 2 amide bonds. The van der Waals surface area contributed by atoms with Gasteiger partial charge in [0.15, 0.2) is 6.61 Å². The molecule has 5 rings (SSSR count). The first kappa shape index (κ1) is 28.8. The largest absolute Gasteiger partial charge is 0.482 e. The van der Waals surface area contributed by atoms with E-state index in [1.807, 2.05) is 0 Å². The fourth-order valence-electron chi connectivity index (χ4n) is 5.62. The summed E-state index contributed by atoms with van der Waals surface area (Å²) in [5.41, 5.74) is 0.398. The molecule has 0 aromatic heterocycles. The number of benzene rings is 1. The molecule has 0 aliphatic carbocycles. The first-order valence-electron chi connectivity index (χ1n) is 13.4. The number of nitrogens with zero attached hydrogens (tertiary/aromatic N) is 5. The minimum atomic E-state index is -3.50. The predicted molar refractivity (Wildman–Crippen MR) is 148 cm³/mol. The summed E-state index contributed by atoms with van der Waals surface area (Å²) >= 11 is 12.3. The molecule has 11 nitrogen and oxygen atoms in total. The Bertz CT molecular complexity index is 1180. The van der Waals surface area contributed by atoms with Gasteiger partial charge in [0.1, 0.15) is 12.3 Å². The number of hydrogen-bond acceptors (Lipinski definition) is 8. The minimum absolute atomic E-state index is 0.0414. The SMILES string of the molecule is O=C1COc2cc(Cl)c(Cl)cc2N1CC(=O)N1CCN(S(=O)(=O)CCN2CCOCC2)C[C@@H]1CN1CCCC1. The van der Waals surface area contributed by atoms with E-state index >= 15 is 0 Å². The van der Waals surface area contributed by atoms with Crippen LogP contribution in [0.2, 0.25) is 10.0 Å². The molecule has 14 heteroatoms. The third-order valence-electron chi connectivity index (χ3n) is 7.83. The second-order valence-electron chi connectivity index (χ2n) is 10.4. The van der Waals surface area contributed by atoms with E-state index in [-0.39, 0.29) is 61.4 Å². The quantitative estimate of drug-likeness (QED) is 0.433. The van der Waals surface area contributed by atoms with E-state index in [2.05, 4.69) is 9.80 Å². The van der Waals surface area contributed by atoms with Gasteiger partial charge in [0, 0.05) is 51.9 Å². The zero-order chi connectivity index (χ0) is 27.6. The molecule has 1 aromatic carbocycles. The van der Waals surface area contributed by atoms with E-state index in [0.717, 1.165) is 39.0 Å². The van der Waals surface area contributed by atoms with E-state index in [1.54, 1.807) is 11.0 Å². The van der Waals surface area contributed by atoms with Gasteiger partial charge in [0.25, 0.3) is 5.91 Å². The van der Waals surface area contributed by atoms with Gasteiger partial charge in [0.2, 0.25) is 15.9 Å². The predicted octanol–water partition coefficient (Wildman–Crippen LogP) is 0.989. The number of morpholine rings is 1. The monoisotopic (exact) mass is 603 g/mol. The molecule has 0 saturated carbocycles. The van der Waals surface area contributed by atoms with Crippen molar-refractivity contribution in [3.8, 4) is 5.75 Å². The van der Waals surface area contributed by atoms with Crippen molar-refractivity contribution in [2.75, 3.05) is 95.9 Å². The smallest absolute Gasteiger partial charge is 0.265 e. The summed E-state index contributed by atoms with van der Waals surface area (Å²) in [7, 11) is -3.50. The highest BCUT2D eigenvalue weighted by Gasteiger charge is 2.38. The fourth-order valence-corrected chi connectivity index (χ4v) is 7.44. The lowest BCUT2D eigenvalue weighted by Gasteiger charge is -2.43. The average molecular weight is 605 g/mol. The molecule has 3 saturated heterocycles. The van der Waals surface area contributed by atoms with Crippen molar-refractivity contribution in [1.29, 1.82) is 0 Å². The molecule has 4 aliphatic rings. The van der Waals surface area contributed by atoms with Gasteiger partial charge in [-0.15, -0.1) is 0 Å². The van der Waals surface area contributed by atoms with Gasteiger partial charge >= 0.3 is 0 Å². The summed E-state index contributed by atoms with van der Waals surface area (Å²) in [6, 6.07) is 2.76. The number of fused-ring (bicyclic) bond motifs is 1. The summed E-state index contributed by atoms with van der Waals surface area (Å²) in [5, 5.41) is 0.557. The van der Waals surface area contributed by atoms with Crippen LogP contribution in [-0.2, 0) is 24.3 Å². The molecular formula is C25H35Cl2N5O6S. The lowest BCUT2D eigenvalue weighted by molar-refractivity contribution is -0.135. The second-order valence-corrected chi connectivity index (χ2v) is 13.3. The normalized spacial score (nSPS) is 23.6. The third kappa shape index (κ3) is 6.80. The Hall–Kier alpha value is -1.67. The minimum Gasteiger partial charge on any atom is -0.482 e. The number of hydrogen-bond donors (Lipinski definition) is 0. The van der Waals surface area contributed by atoms with Crippen molar-refractivity contribution in [2.24, 2.45) is 0 Å². The zero-order valence-corrected chi connectivity index (χ0v) is 24.2. The van der Waals surface area contributed by atoms with Crippen LogP contribution in [0, 0.1) is 0 Å². The Labute approximate surface area is 239 Å². The second kappa shape index (κ2) is 12.5. The van der Waals surface area contributed by atoms with Crippen molar-refractivity contribution in [2.45, 2.75) is 18.9 Å². The summed E-state index contributed by atoms with van der Waals surface area (Å²) in [6.07, 6.45) is 2.18. The number of carbonyl (C=O) groups is 2. The van der Waals surface area contributed by atoms with Crippen LogP contribution in [0.5, 0.6) is 5.75 Å². The van der Waals surface area contributed by atoms with E-state index < -0.39 is 10.0 Å². The molecule has 4 aliphatic heterocycles. The molecule has 1 aromatic rings. The number of likely N-dealkylation sites (tertiary alicyclic amines) is 1. The summed E-state index contributed by atoms with van der Waals surface area (Å²) in [5.74, 6) is -0.159. The number of piperazine rings is 1. The first-order chi connectivity index (χ1) is 18.7. The first-order valence-corrected chi connectivity index (χ1v) is 15.8. The van der Waals surface area contributed by atoms with Gasteiger partial charge in [0.05, 0.1) is 40.7 Å². The van der Waals surface area contributed by atoms with Crippen molar-refractivity contribution in [1.82, 2.24) is 19.0 Å². The Kier molecular flexibility index (Phi) is 9.21. The maximum absolute atomic E-state index is 13.7. The maximum atomic E-state index is 13.7. The molecular weight excluding hydrogens is 569 g/mol. The number of anilines is 1. The summed E-state index contributed by atoms with van der Waals surface area (Å²) < 4.78 is 39.0. The Morgan fingerprint density at radius 3 is 2.44 bits per heavy atom. The van der Waals surface area contributed by atoms with Crippen LogP contribution < -0.4 is 9.64 Å². The van der Waals surface area contributed by atoms with Crippen LogP contribution in [0.25, 0.3) is 0 Å². The molecule has 39 heavy (non-hydrogen) atoms. The third-order valence-corrected chi connectivity index (χ3v) is 10.4. The number of ether oxygens (including phenoxy) is 2. The Balaban J connectivity index is 1.29. The number of rotatable bonds is 8. The lowest BCUT2D eigenvalue weighted by atomic mass is 10.1. The number of sulfonamides is 1. The molecule has 0 radical (unpaired) electrons. The Morgan fingerprint density at radius 1 is 0.974 bits per heavy atom. The van der Waals surface area contributed by atoms with Crippen LogP contribution in [0.1, 0.15) is 12.8 Å². The molecule has 1 atom stereocenters. The highest BCUT2D eigenvalue weighted by molar-refractivity contribution is 7.89. The van der Waals surface area contributed by atoms with Crippen LogP contribution in [0.15, 0.2) is 12.1 Å². The summed E-state index contributed by atoms with van der Waals surface area (Å²) in [4.78, 5) is 34.0. The molecule has 216 valence electrons. The van der Waals surface area contributed by atoms with Crippen LogP contribution in [0.4, 0.5) is 5.69 Å². The highest BCUT2D eigenvalue weighted by Crippen LogP contribution is 2.38. The fraction of sp³-hybridized carbons (Fsp3) is 0.680. The number of amides is 2. The van der Waals surface area contributed by atoms with Gasteiger partial charge < -0.3 is 19.3 Å². The van der Waals surface area contributed by atoms with Crippen molar-refractivity contribution >= 4 is 50.7 Å². The van der Waals surface area contributed by atoms with Gasteiger partial charge in [-0.05, 0) is 32.0 Å². The van der Waals surface area contributed by atoms with Crippen molar-refractivity contribution < 1.29 is 27.5 Å². The van der Waals surface area contributed by atoms with Crippen molar-refractivity contribution in [3.63, 3.8) is 0 Å². The van der Waals surface area contributed by atoms with E-state index in [1.165, 1.54) is 15.3 Å². The van der Waals surface area contributed by atoms with Crippen molar-refractivity contribution in [3.05, 3.63) is 22.2 Å². The lowest BCUT2D eigenvalue weighted by Crippen LogP contribution is -2.61. The molecule has 0 N–H and O–H groups in total. The molecule has 0 unspecified atom stereocenters. The van der Waals surface area contributed by atoms with E-state index in [4.69, 9.17) is 32.7 Å². The van der Waals surface area contributed by atoms with Gasteiger partial charge in [-0.1, -0.05) is 23.2 Å². The van der Waals surface area contributed by atoms with Gasteiger partial charge in [-0.3, -0.25) is 19.4 Å². The number of halogens is 2. The van der Waals surface area contributed by atoms with Crippen LogP contribution in [0.3, 0.4) is 0 Å². The zero-order valence-electron chi connectivity index (χ0n) is 21.9. The number of carbonyl (C=O) groups excluding carboxylic acids is 2. The van der Waals surface area contributed by atoms with E-state index in [0.29, 0.717) is 42.8 Å². The Morgan fingerprint density at radius 2 is 1.69 bits per heavy atom. The molecule has 4 heterocycles. The van der Waals surface area contributed by atoms with Gasteiger partial charge in [-0.2, -0.15) is 4.31 Å². The maximum Gasteiger partial charge on any atom is 0.265 e. The molecule has 3 fully saturated rings. The standard InChI is InChI=1S/C25H35Cl2N5O6S/c26-20-13-22-23(14-21(20)27)38-18-25(34)32(22)17-24(33)31-6-5-30(16-19(31)15-29-3-1-2-4-29)39(35,36)12-9-28-7-10-37-11-8-28/h13-14,19H,1-12,15-18H2/t19-/m0/s1. The molecule has 0 bridgehead atoms. The van der Waals surface area contributed by atoms with Crippen LogP contribution in [-0.4, -0.2) is 136 Å². The van der Waals surface area contributed by atoms with Crippen LogP contribution >= 0.6 is 23.2 Å². The topological polar surface area (TPSA) is 103 Å². The molecule has 0 spiro atoms. The summed E-state index contributed by atoms with van der Waals surface area (Å²) in [6.45, 7) is 5.95. The van der Waals surface area contributed by atoms with E-state index in [9.17, 15) is 18.0 Å². The highest BCUT2D eigenvalue weighted by atomic mass is 35.5.